The molecule has 5 heteroatoms. The SMILES string of the molecule is CCc1ccccc1OC(C)C(=O)Nc1ccccc1C(N)=O. The standard InChI is InChI=1S/C18H20N2O3/c1-3-13-8-4-7-11-16(13)23-12(2)18(22)20-15-10-6-5-9-14(15)17(19)21/h4-12H,3H2,1-2H3,(H2,19,21)(H,20,22). The highest BCUT2D eigenvalue weighted by Gasteiger charge is 2.18. The number of benzene rings is 2. The summed E-state index contributed by atoms with van der Waals surface area (Å²) in [5, 5.41) is 2.68. The number of para-hydroxylation sites is 2. The Balaban J connectivity index is 2.10. The minimum absolute atomic E-state index is 0.266. The van der Waals surface area contributed by atoms with E-state index in [1.807, 2.05) is 31.2 Å². The van der Waals surface area contributed by atoms with Crippen molar-refractivity contribution in [3.8, 4) is 5.75 Å². The predicted molar refractivity (Wildman–Crippen MR) is 89.5 cm³/mol. The van der Waals surface area contributed by atoms with Gasteiger partial charge in [-0.2, -0.15) is 0 Å². The first-order chi connectivity index (χ1) is 11.0. The zero-order chi connectivity index (χ0) is 16.8. The fraction of sp³-hybridized carbons (Fsp3) is 0.222. The zero-order valence-corrected chi connectivity index (χ0v) is 13.2. The van der Waals surface area contributed by atoms with E-state index in [-0.39, 0.29) is 11.5 Å². The van der Waals surface area contributed by atoms with Gasteiger partial charge in [-0.25, -0.2) is 0 Å². The van der Waals surface area contributed by atoms with Crippen LogP contribution >= 0.6 is 0 Å². The molecule has 0 aliphatic heterocycles. The van der Waals surface area contributed by atoms with Gasteiger partial charge in [-0.3, -0.25) is 9.59 Å². The van der Waals surface area contributed by atoms with Crippen LogP contribution in [-0.2, 0) is 11.2 Å². The maximum atomic E-state index is 12.3. The van der Waals surface area contributed by atoms with Gasteiger partial charge >= 0.3 is 0 Å². The molecule has 0 aromatic heterocycles. The van der Waals surface area contributed by atoms with Crippen LogP contribution in [-0.4, -0.2) is 17.9 Å². The molecular weight excluding hydrogens is 292 g/mol. The zero-order valence-electron chi connectivity index (χ0n) is 13.2. The van der Waals surface area contributed by atoms with Crippen LogP contribution in [0, 0.1) is 0 Å². The van der Waals surface area contributed by atoms with Crippen molar-refractivity contribution in [3.63, 3.8) is 0 Å². The lowest BCUT2D eigenvalue weighted by atomic mass is 10.1. The molecule has 23 heavy (non-hydrogen) atoms. The van der Waals surface area contributed by atoms with Gasteiger partial charge < -0.3 is 15.8 Å². The van der Waals surface area contributed by atoms with Crippen molar-refractivity contribution in [3.05, 3.63) is 59.7 Å². The predicted octanol–water partition coefficient (Wildman–Crippen LogP) is 2.75. The molecule has 0 saturated heterocycles. The molecule has 2 amide bonds. The van der Waals surface area contributed by atoms with E-state index in [2.05, 4.69) is 5.32 Å². The van der Waals surface area contributed by atoms with Crippen molar-refractivity contribution >= 4 is 17.5 Å². The van der Waals surface area contributed by atoms with Gasteiger partial charge in [0.15, 0.2) is 6.10 Å². The Bertz CT molecular complexity index is 713. The van der Waals surface area contributed by atoms with E-state index in [1.54, 1.807) is 31.2 Å². The minimum Gasteiger partial charge on any atom is -0.481 e. The number of amides is 2. The normalized spacial score (nSPS) is 11.6. The van der Waals surface area contributed by atoms with Crippen molar-refractivity contribution in [2.24, 2.45) is 5.73 Å². The van der Waals surface area contributed by atoms with Gasteiger partial charge in [0.25, 0.3) is 11.8 Å². The second-order valence-corrected chi connectivity index (χ2v) is 5.12. The summed E-state index contributed by atoms with van der Waals surface area (Å²) < 4.78 is 5.74. The highest BCUT2D eigenvalue weighted by atomic mass is 16.5. The first-order valence-electron chi connectivity index (χ1n) is 7.47. The molecule has 1 atom stereocenters. The molecule has 0 radical (unpaired) electrons. The molecule has 3 N–H and O–H groups in total. The van der Waals surface area contributed by atoms with Crippen molar-refractivity contribution in [1.29, 1.82) is 0 Å². The third-order valence-corrected chi connectivity index (χ3v) is 3.48. The Hall–Kier alpha value is -2.82. The van der Waals surface area contributed by atoms with Gasteiger partial charge in [0.2, 0.25) is 0 Å². The van der Waals surface area contributed by atoms with Crippen LogP contribution in [0.15, 0.2) is 48.5 Å². The Morgan fingerprint density at radius 2 is 1.78 bits per heavy atom. The number of hydrogen-bond acceptors (Lipinski definition) is 3. The lowest BCUT2D eigenvalue weighted by molar-refractivity contribution is -0.122. The van der Waals surface area contributed by atoms with Crippen LogP contribution in [0.4, 0.5) is 5.69 Å². The number of carbonyl (C=O) groups excluding carboxylic acids is 2. The number of nitrogens with one attached hydrogen (secondary N) is 1. The largest absolute Gasteiger partial charge is 0.481 e. The molecule has 0 aliphatic rings. The van der Waals surface area contributed by atoms with Crippen molar-refractivity contribution < 1.29 is 14.3 Å². The summed E-state index contributed by atoms with van der Waals surface area (Å²) in [6.07, 6.45) is 0.110. The number of ether oxygens (including phenoxy) is 1. The van der Waals surface area contributed by atoms with Crippen molar-refractivity contribution in [1.82, 2.24) is 0 Å². The van der Waals surface area contributed by atoms with E-state index < -0.39 is 12.0 Å². The van der Waals surface area contributed by atoms with Crippen molar-refractivity contribution in [2.45, 2.75) is 26.4 Å². The molecule has 0 saturated carbocycles. The molecule has 120 valence electrons. The second kappa shape index (κ2) is 7.45. The Morgan fingerprint density at radius 3 is 2.48 bits per heavy atom. The number of anilines is 1. The fourth-order valence-corrected chi connectivity index (χ4v) is 2.20. The molecule has 5 nitrogen and oxygen atoms in total. The van der Waals surface area contributed by atoms with Crippen LogP contribution in [0.3, 0.4) is 0 Å². The van der Waals surface area contributed by atoms with E-state index >= 15 is 0 Å². The lowest BCUT2D eigenvalue weighted by Gasteiger charge is -2.17. The van der Waals surface area contributed by atoms with Gasteiger partial charge in [0, 0.05) is 0 Å². The molecule has 2 aromatic rings. The molecule has 1 unspecified atom stereocenters. The van der Waals surface area contributed by atoms with E-state index in [9.17, 15) is 9.59 Å². The van der Waals surface area contributed by atoms with Gasteiger partial charge in [-0.05, 0) is 37.1 Å². The summed E-state index contributed by atoms with van der Waals surface area (Å²) in [6.45, 7) is 3.69. The number of nitrogens with two attached hydrogens (primary N) is 1. The first-order valence-corrected chi connectivity index (χ1v) is 7.47. The van der Waals surface area contributed by atoms with Gasteiger partial charge in [-0.1, -0.05) is 37.3 Å². The average molecular weight is 312 g/mol. The highest BCUT2D eigenvalue weighted by molar-refractivity contribution is 6.03. The van der Waals surface area contributed by atoms with Gasteiger partial charge in [-0.15, -0.1) is 0 Å². The maximum Gasteiger partial charge on any atom is 0.265 e. The molecule has 0 aliphatic carbocycles. The third kappa shape index (κ3) is 4.10. The number of rotatable bonds is 6. The second-order valence-electron chi connectivity index (χ2n) is 5.12. The van der Waals surface area contributed by atoms with Crippen LogP contribution in [0.1, 0.15) is 29.8 Å². The molecule has 0 spiro atoms. The lowest BCUT2D eigenvalue weighted by Crippen LogP contribution is -2.31. The summed E-state index contributed by atoms with van der Waals surface area (Å²) in [7, 11) is 0. The van der Waals surface area contributed by atoms with Crippen molar-refractivity contribution in [2.75, 3.05) is 5.32 Å². The monoisotopic (exact) mass is 312 g/mol. The molecular formula is C18H20N2O3. The molecule has 2 aromatic carbocycles. The Labute approximate surface area is 135 Å². The molecule has 0 heterocycles. The summed E-state index contributed by atoms with van der Waals surface area (Å²) in [5.41, 5.74) is 6.98. The van der Waals surface area contributed by atoms with E-state index in [1.165, 1.54) is 0 Å². The third-order valence-electron chi connectivity index (χ3n) is 3.48. The molecule has 2 rings (SSSR count). The first kappa shape index (κ1) is 16.5. The summed E-state index contributed by atoms with van der Waals surface area (Å²) in [4.78, 5) is 23.7. The van der Waals surface area contributed by atoms with E-state index in [0.717, 1.165) is 12.0 Å². The fourth-order valence-electron chi connectivity index (χ4n) is 2.20. The summed E-state index contributed by atoms with van der Waals surface area (Å²) in [6, 6.07) is 14.2. The Kier molecular flexibility index (Phi) is 5.36. The van der Waals surface area contributed by atoms with E-state index in [4.69, 9.17) is 10.5 Å². The topological polar surface area (TPSA) is 81.4 Å². The number of carbonyl (C=O) groups is 2. The van der Waals surface area contributed by atoms with Crippen LogP contribution in [0.25, 0.3) is 0 Å². The van der Waals surface area contributed by atoms with E-state index in [0.29, 0.717) is 11.4 Å². The molecule has 0 bridgehead atoms. The Morgan fingerprint density at radius 1 is 1.13 bits per heavy atom. The average Bonchev–Trinajstić information content (AvgIpc) is 2.55. The smallest absolute Gasteiger partial charge is 0.265 e. The van der Waals surface area contributed by atoms with Gasteiger partial charge in [0.05, 0.1) is 11.3 Å². The minimum atomic E-state index is -0.705. The number of aryl methyl sites for hydroxylation is 1. The van der Waals surface area contributed by atoms with Crippen LogP contribution < -0.4 is 15.8 Å². The van der Waals surface area contributed by atoms with Crippen LogP contribution in [0.5, 0.6) is 5.75 Å². The number of hydrogen-bond donors (Lipinski definition) is 2. The summed E-state index contributed by atoms with van der Waals surface area (Å²) in [5.74, 6) is -0.253. The van der Waals surface area contributed by atoms with Gasteiger partial charge in [0.1, 0.15) is 5.75 Å². The summed E-state index contributed by atoms with van der Waals surface area (Å²) >= 11 is 0. The maximum absolute atomic E-state index is 12.3. The van der Waals surface area contributed by atoms with Crippen LogP contribution in [0.2, 0.25) is 0 Å². The molecule has 0 fully saturated rings. The number of primary amides is 1. The highest BCUT2D eigenvalue weighted by Crippen LogP contribution is 2.21. The quantitative estimate of drug-likeness (QED) is 0.860.